The van der Waals surface area contributed by atoms with Crippen molar-refractivity contribution in [1.29, 1.82) is 0 Å². The van der Waals surface area contributed by atoms with Crippen LogP contribution in [0.2, 0.25) is 0 Å². The lowest BCUT2D eigenvalue weighted by Crippen LogP contribution is -2.28. The second-order valence-electron chi connectivity index (χ2n) is 5.59. The zero-order chi connectivity index (χ0) is 15.9. The Kier molecular flexibility index (Phi) is 5.62. The van der Waals surface area contributed by atoms with Gasteiger partial charge in [0.1, 0.15) is 0 Å². The summed E-state index contributed by atoms with van der Waals surface area (Å²) in [6, 6.07) is 2.30. The minimum Gasteiger partial charge on any atom is -0.354 e. The van der Waals surface area contributed by atoms with Crippen molar-refractivity contribution in [3.05, 3.63) is 24.3 Å². The molecule has 2 aromatic heterocycles. The van der Waals surface area contributed by atoms with E-state index < -0.39 is 0 Å². The number of carbonyl (C=O) groups excluding carboxylic acids is 1. The van der Waals surface area contributed by atoms with Crippen LogP contribution in [-0.4, -0.2) is 48.2 Å². The van der Waals surface area contributed by atoms with Gasteiger partial charge in [-0.1, -0.05) is 12.8 Å². The van der Waals surface area contributed by atoms with Gasteiger partial charge in [-0.15, -0.1) is 16.9 Å². The van der Waals surface area contributed by atoms with Crippen LogP contribution in [0, 0.1) is 0 Å². The summed E-state index contributed by atoms with van der Waals surface area (Å²) < 4.78 is 3.73. The van der Waals surface area contributed by atoms with Gasteiger partial charge in [0.05, 0.1) is 24.1 Å². The van der Waals surface area contributed by atoms with Gasteiger partial charge in [0.15, 0.2) is 5.82 Å². The van der Waals surface area contributed by atoms with Gasteiger partial charge in [0.25, 0.3) is 0 Å². The molecule has 23 heavy (non-hydrogen) atoms. The smallest absolute Gasteiger partial charge is 0.230 e. The van der Waals surface area contributed by atoms with Crippen molar-refractivity contribution < 1.29 is 4.79 Å². The molecule has 1 saturated carbocycles. The van der Waals surface area contributed by atoms with Crippen LogP contribution in [0.15, 0.2) is 18.5 Å². The number of nitrogens with one attached hydrogen (secondary N) is 1. The molecule has 0 unspecified atom stereocenters. The summed E-state index contributed by atoms with van der Waals surface area (Å²) >= 11 is 1.54. The molecule has 0 spiro atoms. The van der Waals surface area contributed by atoms with Crippen LogP contribution in [0.1, 0.15) is 37.5 Å². The third-order valence-electron chi connectivity index (χ3n) is 3.92. The normalized spacial score (nSPS) is 15.1. The van der Waals surface area contributed by atoms with Gasteiger partial charge in [-0.05, 0) is 29.3 Å². The Bertz CT molecular complexity index is 606. The molecule has 1 amide bonds. The van der Waals surface area contributed by atoms with E-state index in [4.69, 9.17) is 0 Å². The molecular weight excluding hydrogens is 314 g/mol. The number of tetrazole rings is 1. The highest BCUT2D eigenvalue weighted by atomic mass is 32.2. The molecule has 2 heterocycles. The van der Waals surface area contributed by atoms with Gasteiger partial charge in [-0.2, -0.15) is 5.10 Å². The van der Waals surface area contributed by atoms with Crippen molar-refractivity contribution in [3.8, 4) is 0 Å². The highest BCUT2D eigenvalue weighted by Crippen LogP contribution is 2.29. The summed E-state index contributed by atoms with van der Waals surface area (Å²) in [5, 5.41) is 19.0. The quantitative estimate of drug-likeness (QED) is 0.775. The van der Waals surface area contributed by atoms with E-state index in [1.165, 1.54) is 12.8 Å². The molecule has 0 bridgehead atoms. The topological polar surface area (TPSA) is 90.5 Å². The largest absolute Gasteiger partial charge is 0.354 e. The molecule has 0 atom stereocenters. The maximum absolute atomic E-state index is 11.8. The van der Waals surface area contributed by atoms with Crippen molar-refractivity contribution in [1.82, 2.24) is 35.3 Å². The van der Waals surface area contributed by atoms with Gasteiger partial charge in [-0.25, -0.2) is 4.68 Å². The molecule has 1 fully saturated rings. The Morgan fingerprint density at radius 3 is 3.04 bits per heavy atom. The molecule has 2 aromatic rings. The van der Waals surface area contributed by atoms with E-state index in [-0.39, 0.29) is 5.91 Å². The van der Waals surface area contributed by atoms with Crippen LogP contribution < -0.4 is 5.32 Å². The second kappa shape index (κ2) is 8.09. The lowest BCUT2D eigenvalue weighted by atomic mass is 10.2. The first-order valence-electron chi connectivity index (χ1n) is 7.91. The fraction of sp³-hybridized carbons (Fsp3) is 0.643. The third kappa shape index (κ3) is 4.54. The molecule has 0 aromatic carbocycles. The van der Waals surface area contributed by atoms with E-state index in [9.17, 15) is 4.79 Å². The Morgan fingerprint density at radius 1 is 1.39 bits per heavy atom. The molecular formula is C14H21N7OS. The Balaban J connectivity index is 1.36. The average Bonchev–Trinajstić information content (AvgIpc) is 3.29. The summed E-state index contributed by atoms with van der Waals surface area (Å²) in [7, 11) is 0. The van der Waals surface area contributed by atoms with E-state index in [1.54, 1.807) is 22.6 Å². The lowest BCUT2D eigenvalue weighted by Gasteiger charge is -2.11. The third-order valence-corrected chi connectivity index (χ3v) is 4.85. The van der Waals surface area contributed by atoms with Crippen LogP contribution in [0.3, 0.4) is 0 Å². The standard InChI is InChI=1S/C14H21N7OS/c22-14(15-7-9-20-8-3-6-16-20)11-23-10-13-17-18-19-21(13)12-4-1-2-5-12/h3,6,8,12H,1-2,4-5,7,9-11H2,(H,15,22). The zero-order valence-corrected chi connectivity index (χ0v) is 13.8. The number of amides is 1. The molecule has 8 nitrogen and oxygen atoms in total. The van der Waals surface area contributed by atoms with Crippen LogP contribution in [-0.2, 0) is 17.1 Å². The zero-order valence-electron chi connectivity index (χ0n) is 13.0. The summed E-state index contributed by atoms with van der Waals surface area (Å²) in [4.78, 5) is 11.8. The molecule has 3 rings (SSSR count). The highest BCUT2D eigenvalue weighted by Gasteiger charge is 2.21. The monoisotopic (exact) mass is 335 g/mol. The lowest BCUT2D eigenvalue weighted by molar-refractivity contribution is -0.118. The van der Waals surface area contributed by atoms with E-state index in [1.807, 2.05) is 16.9 Å². The minimum absolute atomic E-state index is 0.0297. The molecule has 9 heteroatoms. The van der Waals surface area contributed by atoms with Crippen molar-refractivity contribution in [2.24, 2.45) is 0 Å². The van der Waals surface area contributed by atoms with Crippen molar-refractivity contribution >= 4 is 17.7 Å². The molecule has 124 valence electrons. The Labute approximate surface area is 139 Å². The number of nitrogens with zero attached hydrogens (tertiary/aromatic N) is 6. The molecule has 1 N–H and O–H groups in total. The molecule has 0 radical (unpaired) electrons. The van der Waals surface area contributed by atoms with Gasteiger partial charge in [-0.3, -0.25) is 9.48 Å². The number of hydrogen-bond acceptors (Lipinski definition) is 6. The fourth-order valence-corrected chi connectivity index (χ4v) is 3.53. The van der Waals surface area contributed by atoms with E-state index in [0.717, 1.165) is 18.7 Å². The second-order valence-corrected chi connectivity index (χ2v) is 6.58. The number of carbonyl (C=O) groups is 1. The maximum Gasteiger partial charge on any atom is 0.230 e. The van der Waals surface area contributed by atoms with Gasteiger partial charge in [0.2, 0.25) is 5.91 Å². The van der Waals surface area contributed by atoms with Crippen LogP contribution in [0.4, 0.5) is 0 Å². The van der Waals surface area contributed by atoms with Gasteiger partial charge < -0.3 is 5.32 Å². The fourth-order valence-electron chi connectivity index (χ4n) is 2.77. The van der Waals surface area contributed by atoms with Gasteiger partial charge >= 0.3 is 0 Å². The molecule has 0 saturated heterocycles. The first-order chi connectivity index (χ1) is 11.3. The summed E-state index contributed by atoms with van der Waals surface area (Å²) in [5.41, 5.74) is 0. The highest BCUT2D eigenvalue weighted by molar-refractivity contribution is 7.99. The Morgan fingerprint density at radius 2 is 2.26 bits per heavy atom. The predicted molar refractivity (Wildman–Crippen MR) is 86.7 cm³/mol. The first-order valence-corrected chi connectivity index (χ1v) is 9.07. The van der Waals surface area contributed by atoms with Crippen LogP contribution >= 0.6 is 11.8 Å². The van der Waals surface area contributed by atoms with Crippen LogP contribution in [0.25, 0.3) is 0 Å². The van der Waals surface area contributed by atoms with Crippen molar-refractivity contribution in [3.63, 3.8) is 0 Å². The Hall–Kier alpha value is -1.90. The van der Waals surface area contributed by atoms with Gasteiger partial charge in [0, 0.05) is 18.9 Å². The van der Waals surface area contributed by atoms with Crippen molar-refractivity contribution in [2.75, 3.05) is 12.3 Å². The summed E-state index contributed by atoms with van der Waals surface area (Å²) in [6.07, 6.45) is 8.40. The SMILES string of the molecule is O=C(CSCc1nnnn1C1CCCC1)NCCn1cccn1. The van der Waals surface area contributed by atoms with Crippen molar-refractivity contribution in [2.45, 2.75) is 44.0 Å². The molecule has 1 aliphatic rings. The number of hydrogen-bond donors (Lipinski definition) is 1. The van der Waals surface area contributed by atoms with Crippen LogP contribution in [0.5, 0.6) is 0 Å². The number of rotatable bonds is 8. The minimum atomic E-state index is 0.0297. The molecule has 0 aliphatic heterocycles. The van der Waals surface area contributed by atoms with E-state index in [0.29, 0.717) is 30.6 Å². The first kappa shape index (κ1) is 16.0. The maximum atomic E-state index is 11.8. The summed E-state index contributed by atoms with van der Waals surface area (Å²) in [5.74, 6) is 1.97. The predicted octanol–water partition coefficient (Wildman–Crippen LogP) is 1.03. The van der Waals surface area contributed by atoms with E-state index in [2.05, 4.69) is 25.9 Å². The number of aromatic nitrogens is 6. The van der Waals surface area contributed by atoms with E-state index >= 15 is 0 Å². The number of thioether (sulfide) groups is 1. The summed E-state index contributed by atoms with van der Waals surface area (Å²) in [6.45, 7) is 1.27. The molecule has 1 aliphatic carbocycles. The average molecular weight is 335 g/mol.